The molecule has 1 N–H and O–H groups in total. The van der Waals surface area contributed by atoms with Gasteiger partial charge in [-0.05, 0) is 56.7 Å². The maximum Gasteiger partial charge on any atom is 0.388 e. The fourth-order valence-corrected chi connectivity index (χ4v) is 2.16. The average Bonchev–Trinajstić information content (AvgIpc) is 2.61. The molecular weight excluding hydrogens is 403 g/mol. The number of carbonyl (C=O) groups excluding carboxylic acids is 1. The van der Waals surface area contributed by atoms with Crippen LogP contribution in [-0.4, -0.2) is 22.8 Å². The van der Waals surface area contributed by atoms with Gasteiger partial charge in [-0.25, -0.2) is 0 Å². The average molecular weight is 446 g/mol. The van der Waals surface area contributed by atoms with E-state index in [1.54, 1.807) is 13.8 Å². The topological polar surface area (TPSA) is 49.7 Å². The van der Waals surface area contributed by atoms with Crippen molar-refractivity contribution >= 4 is 17.2 Å². The van der Waals surface area contributed by atoms with Crippen molar-refractivity contribution in [2.45, 2.75) is 107 Å². The van der Waals surface area contributed by atoms with Crippen LogP contribution in [0.2, 0.25) is 0 Å². The van der Waals surface area contributed by atoms with Gasteiger partial charge in [-0.1, -0.05) is 53.7 Å². The molecule has 3 nitrogen and oxygen atoms in total. The number of hydrogen-bond donors (Lipinski definition) is 1. The number of aryl methyl sites for hydroxylation is 1. The normalized spacial score (nSPS) is 12.4. The molecule has 0 saturated heterocycles. The fraction of sp³-hybridized carbons (Fsp3) is 0.680. The van der Waals surface area contributed by atoms with E-state index in [-0.39, 0.29) is 5.41 Å². The van der Waals surface area contributed by atoms with Crippen LogP contribution in [0.15, 0.2) is 23.2 Å². The number of aliphatic hydroxyl groups is 1. The second-order valence-electron chi connectivity index (χ2n) is 9.36. The fourth-order valence-electron chi connectivity index (χ4n) is 2.16. The monoisotopic (exact) mass is 445 g/mol. The molecule has 0 saturated carbocycles. The van der Waals surface area contributed by atoms with Gasteiger partial charge in [0.15, 0.2) is 0 Å². The highest BCUT2D eigenvalue weighted by Gasteiger charge is 2.22. The van der Waals surface area contributed by atoms with Gasteiger partial charge < -0.3 is 5.11 Å². The number of carbonyl (C=O) groups is 1. The SMILES string of the molecule is CCC(=O)CC(C)(C)C.CCC(C)=Nc1ccc(C(C)(C)O)cc1C.CCC(F)(F)F. The Bertz CT molecular complexity index is 694. The standard InChI is InChI=1S/C14H21NO.C8H16O.C3H5F3/c1-6-11(3)15-13-8-7-12(9-10(13)2)14(4,5)16;1-5-7(9)6-8(2,3)4;1-2-3(4,5)6/h7-9,16H,6H2,1-5H3;5-6H2,1-4H3;2H2,1H3. The number of Topliss-reactive ketones (excluding diaryl/α,β-unsaturated/α-hetero) is 1. The summed E-state index contributed by atoms with van der Waals surface area (Å²) in [6.07, 6.45) is -2.33. The third-order valence-corrected chi connectivity index (χ3v) is 4.25. The lowest BCUT2D eigenvalue weighted by molar-refractivity contribution is -0.130. The van der Waals surface area contributed by atoms with Crippen molar-refractivity contribution in [2.75, 3.05) is 0 Å². The first-order valence-electron chi connectivity index (χ1n) is 10.8. The summed E-state index contributed by atoms with van der Waals surface area (Å²) in [5.41, 5.74) is 3.54. The molecule has 0 aliphatic carbocycles. The first kappa shape index (κ1) is 31.5. The highest BCUT2D eigenvalue weighted by molar-refractivity contribution is 5.84. The minimum Gasteiger partial charge on any atom is -0.386 e. The lowest BCUT2D eigenvalue weighted by atomic mass is 9.89. The van der Waals surface area contributed by atoms with Gasteiger partial charge in [0.2, 0.25) is 0 Å². The summed E-state index contributed by atoms with van der Waals surface area (Å²) in [5.74, 6) is 0.363. The minimum atomic E-state index is -3.96. The van der Waals surface area contributed by atoms with Gasteiger partial charge >= 0.3 is 6.18 Å². The number of halogens is 3. The van der Waals surface area contributed by atoms with Gasteiger partial charge in [0.1, 0.15) is 5.78 Å². The maximum absolute atomic E-state index is 10.8. The van der Waals surface area contributed by atoms with Gasteiger partial charge in [0.05, 0.1) is 11.3 Å². The molecule has 0 heterocycles. The molecular formula is C25H42F3NO2. The van der Waals surface area contributed by atoms with Crippen molar-refractivity contribution in [1.82, 2.24) is 0 Å². The van der Waals surface area contributed by atoms with E-state index in [2.05, 4.69) is 32.7 Å². The number of ketones is 1. The Balaban J connectivity index is 0. The summed E-state index contributed by atoms with van der Waals surface area (Å²) in [7, 11) is 0. The number of rotatable bonds is 5. The van der Waals surface area contributed by atoms with Crippen molar-refractivity contribution in [1.29, 1.82) is 0 Å². The summed E-state index contributed by atoms with van der Waals surface area (Å²) >= 11 is 0. The third kappa shape index (κ3) is 17.7. The molecule has 0 fully saturated rings. The number of aliphatic imine (C=N–C) groups is 1. The summed E-state index contributed by atoms with van der Waals surface area (Å²) in [4.78, 5) is 15.4. The van der Waals surface area contributed by atoms with Crippen LogP contribution in [0, 0.1) is 12.3 Å². The predicted molar refractivity (Wildman–Crippen MR) is 125 cm³/mol. The Morgan fingerprint density at radius 3 is 1.74 bits per heavy atom. The Hall–Kier alpha value is -1.69. The molecule has 31 heavy (non-hydrogen) atoms. The van der Waals surface area contributed by atoms with Crippen LogP contribution >= 0.6 is 0 Å². The zero-order valence-electron chi connectivity index (χ0n) is 21.0. The Morgan fingerprint density at radius 2 is 1.48 bits per heavy atom. The molecule has 0 amide bonds. The maximum atomic E-state index is 10.8. The van der Waals surface area contributed by atoms with Crippen LogP contribution in [0.5, 0.6) is 0 Å². The van der Waals surface area contributed by atoms with Gasteiger partial charge in [-0.3, -0.25) is 9.79 Å². The van der Waals surface area contributed by atoms with Gasteiger partial charge in [0, 0.05) is 25.0 Å². The molecule has 1 aromatic rings. The molecule has 6 heteroatoms. The summed E-state index contributed by atoms with van der Waals surface area (Å²) in [6.45, 7) is 19.0. The van der Waals surface area contributed by atoms with E-state index in [0.717, 1.165) is 35.9 Å². The van der Waals surface area contributed by atoms with Gasteiger partial charge in [0.25, 0.3) is 0 Å². The summed E-state index contributed by atoms with van der Waals surface area (Å²) in [5, 5.41) is 9.90. The van der Waals surface area contributed by atoms with Gasteiger partial charge in [-0.15, -0.1) is 0 Å². The molecule has 0 aromatic heterocycles. The van der Waals surface area contributed by atoms with Crippen LogP contribution in [0.1, 0.15) is 99.1 Å². The molecule has 0 aliphatic heterocycles. The van der Waals surface area contributed by atoms with Crippen molar-refractivity contribution in [3.8, 4) is 0 Å². The van der Waals surface area contributed by atoms with E-state index < -0.39 is 18.2 Å². The molecule has 1 aromatic carbocycles. The summed E-state index contributed by atoms with van der Waals surface area (Å²) < 4.78 is 32.4. The zero-order valence-corrected chi connectivity index (χ0v) is 21.0. The largest absolute Gasteiger partial charge is 0.388 e. The van der Waals surface area contributed by atoms with Crippen LogP contribution in [0.3, 0.4) is 0 Å². The number of nitrogens with zero attached hydrogens (tertiary/aromatic N) is 1. The van der Waals surface area contributed by atoms with Gasteiger partial charge in [-0.2, -0.15) is 13.2 Å². The first-order chi connectivity index (χ1) is 13.9. The predicted octanol–water partition coefficient (Wildman–Crippen LogP) is 8.09. The van der Waals surface area contributed by atoms with E-state index in [1.165, 1.54) is 0 Å². The summed E-state index contributed by atoms with van der Waals surface area (Å²) in [6, 6.07) is 5.92. The molecule has 180 valence electrons. The zero-order chi connectivity index (χ0) is 25.0. The Kier molecular flexibility index (Phi) is 13.9. The molecule has 0 aliphatic rings. The van der Waals surface area contributed by atoms with E-state index in [4.69, 9.17) is 0 Å². The van der Waals surface area contributed by atoms with E-state index >= 15 is 0 Å². The van der Waals surface area contributed by atoms with E-state index in [9.17, 15) is 23.1 Å². The van der Waals surface area contributed by atoms with Crippen molar-refractivity contribution in [3.05, 3.63) is 29.3 Å². The molecule has 0 atom stereocenters. The van der Waals surface area contributed by atoms with Crippen molar-refractivity contribution < 1.29 is 23.1 Å². The quantitative estimate of drug-likeness (QED) is 0.466. The highest BCUT2D eigenvalue weighted by Crippen LogP contribution is 2.26. The second-order valence-corrected chi connectivity index (χ2v) is 9.36. The first-order valence-corrected chi connectivity index (χ1v) is 10.8. The van der Waals surface area contributed by atoms with Crippen molar-refractivity contribution in [3.63, 3.8) is 0 Å². The Labute approximate surface area is 187 Å². The molecule has 0 unspecified atom stereocenters. The lowest BCUT2D eigenvalue weighted by Gasteiger charge is -2.18. The lowest BCUT2D eigenvalue weighted by Crippen LogP contribution is -2.15. The van der Waals surface area contributed by atoms with Crippen molar-refractivity contribution in [2.24, 2.45) is 10.4 Å². The third-order valence-electron chi connectivity index (χ3n) is 4.25. The second kappa shape index (κ2) is 13.7. The molecule has 1 rings (SSSR count). The van der Waals surface area contributed by atoms with Crippen LogP contribution in [0.4, 0.5) is 18.9 Å². The minimum absolute atomic E-state index is 0.174. The molecule has 0 radical (unpaired) electrons. The number of alkyl halides is 3. The molecule has 0 spiro atoms. The number of benzene rings is 1. The Morgan fingerprint density at radius 1 is 1.00 bits per heavy atom. The smallest absolute Gasteiger partial charge is 0.386 e. The van der Waals surface area contributed by atoms with Crippen LogP contribution in [-0.2, 0) is 10.4 Å². The van der Waals surface area contributed by atoms with E-state index in [1.807, 2.05) is 39.0 Å². The molecule has 0 bridgehead atoms. The van der Waals surface area contributed by atoms with E-state index in [0.29, 0.717) is 18.6 Å². The van der Waals surface area contributed by atoms with Crippen LogP contribution in [0.25, 0.3) is 0 Å². The highest BCUT2D eigenvalue weighted by atomic mass is 19.4. The van der Waals surface area contributed by atoms with Crippen LogP contribution < -0.4 is 0 Å². The number of hydrogen-bond acceptors (Lipinski definition) is 3.